The molecular formula is C11H13NO2. The van der Waals surface area contributed by atoms with Crippen molar-refractivity contribution in [1.82, 2.24) is 0 Å². The van der Waals surface area contributed by atoms with Crippen molar-refractivity contribution < 1.29 is 9.90 Å². The summed E-state index contributed by atoms with van der Waals surface area (Å²) >= 11 is 0. The third kappa shape index (κ3) is 2.36. The second-order valence-corrected chi connectivity index (χ2v) is 3.02. The van der Waals surface area contributed by atoms with E-state index in [0.29, 0.717) is 12.1 Å². The van der Waals surface area contributed by atoms with E-state index in [1.165, 1.54) is 0 Å². The first-order valence-corrected chi connectivity index (χ1v) is 4.30. The molecule has 0 heterocycles. The lowest BCUT2D eigenvalue weighted by molar-refractivity contribution is 0.0697. The van der Waals surface area contributed by atoms with Crippen molar-refractivity contribution in [3.63, 3.8) is 0 Å². The van der Waals surface area contributed by atoms with Gasteiger partial charge in [-0.05, 0) is 18.2 Å². The van der Waals surface area contributed by atoms with E-state index >= 15 is 0 Å². The number of nitrogens with zero attached hydrogens (tertiary/aromatic N) is 1. The van der Waals surface area contributed by atoms with Gasteiger partial charge >= 0.3 is 5.97 Å². The molecule has 0 atom stereocenters. The number of rotatable bonds is 4. The van der Waals surface area contributed by atoms with Gasteiger partial charge in [0.25, 0.3) is 0 Å². The number of benzene rings is 1. The van der Waals surface area contributed by atoms with Gasteiger partial charge in [0.2, 0.25) is 0 Å². The van der Waals surface area contributed by atoms with Crippen molar-refractivity contribution in [3.8, 4) is 0 Å². The Hall–Kier alpha value is -1.77. The molecule has 74 valence electrons. The smallest absolute Gasteiger partial charge is 0.335 e. The van der Waals surface area contributed by atoms with Gasteiger partial charge in [0.1, 0.15) is 0 Å². The maximum absolute atomic E-state index is 10.7. The van der Waals surface area contributed by atoms with Crippen molar-refractivity contribution in [3.05, 3.63) is 42.5 Å². The van der Waals surface area contributed by atoms with Crippen LogP contribution in [0.25, 0.3) is 0 Å². The Balaban J connectivity index is 2.93. The topological polar surface area (TPSA) is 40.5 Å². The van der Waals surface area contributed by atoms with Crippen LogP contribution in [0.1, 0.15) is 10.4 Å². The molecule has 3 nitrogen and oxygen atoms in total. The van der Waals surface area contributed by atoms with Crippen LogP contribution >= 0.6 is 0 Å². The van der Waals surface area contributed by atoms with Gasteiger partial charge in [-0.25, -0.2) is 4.79 Å². The largest absolute Gasteiger partial charge is 0.478 e. The summed E-state index contributed by atoms with van der Waals surface area (Å²) in [6.07, 6.45) is 1.77. The second kappa shape index (κ2) is 4.46. The third-order valence-electron chi connectivity index (χ3n) is 1.94. The summed E-state index contributed by atoms with van der Waals surface area (Å²) in [7, 11) is 1.89. The van der Waals surface area contributed by atoms with Gasteiger partial charge in [-0.2, -0.15) is 0 Å². The SMILES string of the molecule is C=CCN(C)c1cccc(C(=O)O)c1. The van der Waals surface area contributed by atoms with Crippen molar-refractivity contribution in [2.45, 2.75) is 0 Å². The van der Waals surface area contributed by atoms with Crippen LogP contribution < -0.4 is 4.90 Å². The molecule has 0 amide bonds. The average molecular weight is 191 g/mol. The molecule has 0 saturated carbocycles. The van der Waals surface area contributed by atoms with Gasteiger partial charge in [0, 0.05) is 19.3 Å². The number of anilines is 1. The van der Waals surface area contributed by atoms with Crippen molar-refractivity contribution in [2.75, 3.05) is 18.5 Å². The molecule has 3 heteroatoms. The van der Waals surface area contributed by atoms with Crippen LogP contribution in [0, 0.1) is 0 Å². The predicted octanol–water partition coefficient (Wildman–Crippen LogP) is 2.01. The number of hydrogen-bond donors (Lipinski definition) is 1. The molecular weight excluding hydrogens is 178 g/mol. The first-order chi connectivity index (χ1) is 6.65. The molecule has 0 bridgehead atoms. The zero-order valence-electron chi connectivity index (χ0n) is 8.10. The van der Waals surface area contributed by atoms with Crippen LogP contribution in [0.5, 0.6) is 0 Å². The molecule has 0 aliphatic rings. The number of carboxylic acid groups (broad SMARTS) is 1. The molecule has 0 aromatic heterocycles. The summed E-state index contributed by atoms with van der Waals surface area (Å²) in [5.74, 6) is -0.904. The van der Waals surface area contributed by atoms with Crippen molar-refractivity contribution >= 4 is 11.7 Å². The Kier molecular flexibility index (Phi) is 3.29. The standard InChI is InChI=1S/C11H13NO2/c1-3-7-12(2)10-6-4-5-9(8-10)11(13)14/h3-6,8H,1,7H2,2H3,(H,13,14). The molecule has 1 aromatic rings. The first kappa shape index (κ1) is 10.3. The molecule has 1 rings (SSSR count). The number of hydrogen-bond acceptors (Lipinski definition) is 2. The van der Waals surface area contributed by atoms with E-state index in [9.17, 15) is 4.79 Å². The highest BCUT2D eigenvalue weighted by atomic mass is 16.4. The highest BCUT2D eigenvalue weighted by molar-refractivity contribution is 5.88. The van der Waals surface area contributed by atoms with Gasteiger partial charge in [0.15, 0.2) is 0 Å². The van der Waals surface area contributed by atoms with E-state index in [0.717, 1.165) is 5.69 Å². The summed E-state index contributed by atoms with van der Waals surface area (Å²) in [6, 6.07) is 6.83. The minimum atomic E-state index is -0.904. The van der Waals surface area contributed by atoms with Crippen LogP contribution in [-0.2, 0) is 0 Å². The Morgan fingerprint density at radius 2 is 2.36 bits per heavy atom. The lowest BCUT2D eigenvalue weighted by Gasteiger charge is -2.17. The number of likely N-dealkylation sites (N-methyl/N-ethyl adjacent to an activating group) is 1. The molecule has 0 fully saturated rings. The van der Waals surface area contributed by atoms with E-state index in [4.69, 9.17) is 5.11 Å². The van der Waals surface area contributed by atoms with Gasteiger partial charge in [-0.3, -0.25) is 0 Å². The summed E-state index contributed by atoms with van der Waals surface area (Å²) in [5, 5.41) is 8.78. The Morgan fingerprint density at radius 1 is 1.64 bits per heavy atom. The minimum absolute atomic E-state index is 0.304. The summed E-state index contributed by atoms with van der Waals surface area (Å²) in [5.41, 5.74) is 1.18. The fraction of sp³-hybridized carbons (Fsp3) is 0.182. The molecule has 1 N–H and O–H groups in total. The molecule has 0 unspecified atom stereocenters. The van der Waals surface area contributed by atoms with Crippen molar-refractivity contribution in [1.29, 1.82) is 0 Å². The molecule has 0 aliphatic heterocycles. The predicted molar refractivity (Wildman–Crippen MR) is 56.9 cm³/mol. The maximum Gasteiger partial charge on any atom is 0.335 e. The van der Waals surface area contributed by atoms with E-state index in [1.807, 2.05) is 18.0 Å². The fourth-order valence-electron chi connectivity index (χ4n) is 1.18. The number of carboxylic acids is 1. The highest BCUT2D eigenvalue weighted by Crippen LogP contribution is 2.14. The number of aromatic carboxylic acids is 1. The molecule has 0 aliphatic carbocycles. The van der Waals surface area contributed by atoms with E-state index in [1.54, 1.807) is 24.3 Å². The van der Waals surface area contributed by atoms with Gasteiger partial charge in [-0.1, -0.05) is 12.1 Å². The normalized spacial score (nSPS) is 9.50. The summed E-state index contributed by atoms with van der Waals surface area (Å²) in [6.45, 7) is 4.32. The monoisotopic (exact) mass is 191 g/mol. The number of carbonyl (C=O) groups is 1. The van der Waals surface area contributed by atoms with Gasteiger partial charge in [0.05, 0.1) is 5.56 Å². The van der Waals surface area contributed by atoms with E-state index < -0.39 is 5.97 Å². The average Bonchev–Trinajstić information content (AvgIpc) is 2.18. The lowest BCUT2D eigenvalue weighted by Crippen LogP contribution is -2.16. The van der Waals surface area contributed by atoms with Crippen molar-refractivity contribution in [2.24, 2.45) is 0 Å². The molecule has 0 radical (unpaired) electrons. The van der Waals surface area contributed by atoms with Crippen LogP contribution in [-0.4, -0.2) is 24.7 Å². The van der Waals surface area contributed by atoms with Crippen LogP contribution in [0.2, 0.25) is 0 Å². The van der Waals surface area contributed by atoms with E-state index in [2.05, 4.69) is 6.58 Å². The zero-order chi connectivity index (χ0) is 10.6. The van der Waals surface area contributed by atoms with Gasteiger partial charge < -0.3 is 10.0 Å². The zero-order valence-corrected chi connectivity index (χ0v) is 8.10. The highest BCUT2D eigenvalue weighted by Gasteiger charge is 2.04. The summed E-state index contributed by atoms with van der Waals surface area (Å²) < 4.78 is 0. The lowest BCUT2D eigenvalue weighted by atomic mass is 10.2. The van der Waals surface area contributed by atoms with Crippen LogP contribution in [0.3, 0.4) is 0 Å². The van der Waals surface area contributed by atoms with Gasteiger partial charge in [-0.15, -0.1) is 6.58 Å². The Labute approximate surface area is 83.3 Å². The quantitative estimate of drug-likeness (QED) is 0.740. The Bertz CT molecular complexity index is 347. The fourth-order valence-corrected chi connectivity index (χ4v) is 1.18. The van der Waals surface area contributed by atoms with E-state index in [-0.39, 0.29) is 0 Å². The maximum atomic E-state index is 10.7. The van der Waals surface area contributed by atoms with Crippen LogP contribution in [0.4, 0.5) is 5.69 Å². The third-order valence-corrected chi connectivity index (χ3v) is 1.94. The molecule has 1 aromatic carbocycles. The summed E-state index contributed by atoms with van der Waals surface area (Å²) in [4.78, 5) is 12.6. The minimum Gasteiger partial charge on any atom is -0.478 e. The van der Waals surface area contributed by atoms with Crippen LogP contribution in [0.15, 0.2) is 36.9 Å². The Morgan fingerprint density at radius 3 is 2.93 bits per heavy atom. The molecule has 0 saturated heterocycles. The first-order valence-electron chi connectivity index (χ1n) is 4.30. The second-order valence-electron chi connectivity index (χ2n) is 3.02. The molecule has 14 heavy (non-hydrogen) atoms. The molecule has 0 spiro atoms.